The Morgan fingerprint density at radius 1 is 1.27 bits per heavy atom. The summed E-state index contributed by atoms with van der Waals surface area (Å²) in [5, 5.41) is 18.7. The zero-order chi connectivity index (χ0) is 18.6. The molecule has 2 aliphatic rings. The van der Waals surface area contributed by atoms with E-state index in [1.54, 1.807) is 23.6 Å². The van der Waals surface area contributed by atoms with Crippen LogP contribution in [0.15, 0.2) is 18.2 Å². The summed E-state index contributed by atoms with van der Waals surface area (Å²) in [7, 11) is 0. The van der Waals surface area contributed by atoms with Gasteiger partial charge in [0.15, 0.2) is 5.82 Å². The number of aliphatic carboxylic acids is 1. The molecular formula is C17H16Cl2N4O3. The summed E-state index contributed by atoms with van der Waals surface area (Å²) in [6.07, 6.45) is 0.648. The van der Waals surface area contributed by atoms with Crippen LogP contribution in [0.1, 0.15) is 29.6 Å². The van der Waals surface area contributed by atoms with Crippen LogP contribution in [0.3, 0.4) is 0 Å². The second-order valence-corrected chi connectivity index (χ2v) is 7.55. The molecule has 0 saturated heterocycles. The zero-order valence-corrected chi connectivity index (χ0v) is 15.4. The number of fused-ring (bicyclic) bond motifs is 1. The highest BCUT2D eigenvalue weighted by Gasteiger charge is 2.49. The first-order chi connectivity index (χ1) is 12.4. The van der Waals surface area contributed by atoms with Gasteiger partial charge < -0.3 is 14.6 Å². The lowest BCUT2D eigenvalue weighted by atomic mass is 10.1. The van der Waals surface area contributed by atoms with Crippen LogP contribution < -0.4 is 0 Å². The molecule has 136 valence electrons. The molecule has 3 atom stereocenters. The van der Waals surface area contributed by atoms with E-state index in [1.165, 1.54) is 4.90 Å². The Bertz CT molecular complexity index is 913. The number of hydrogen-bond acceptors (Lipinski definition) is 4. The van der Waals surface area contributed by atoms with Crippen molar-refractivity contribution in [3.05, 3.63) is 45.5 Å². The third kappa shape index (κ3) is 2.85. The SMILES string of the molecule is Cc1nnc2n1CC(C(=O)O)N(C(=O)C1CC1c1ccc(Cl)cc1Cl)C2. The van der Waals surface area contributed by atoms with Gasteiger partial charge in [-0.25, -0.2) is 4.79 Å². The number of halogens is 2. The average Bonchev–Trinajstić information content (AvgIpc) is 3.30. The van der Waals surface area contributed by atoms with E-state index in [0.29, 0.717) is 28.1 Å². The number of benzene rings is 1. The molecule has 1 aliphatic carbocycles. The van der Waals surface area contributed by atoms with Crippen molar-refractivity contribution >= 4 is 35.1 Å². The molecule has 0 radical (unpaired) electrons. The molecular weight excluding hydrogens is 379 g/mol. The molecule has 1 aliphatic heterocycles. The van der Waals surface area contributed by atoms with Crippen molar-refractivity contribution in [1.29, 1.82) is 0 Å². The fourth-order valence-electron chi connectivity index (χ4n) is 3.58. The van der Waals surface area contributed by atoms with Gasteiger partial charge in [-0.1, -0.05) is 29.3 Å². The Morgan fingerprint density at radius 3 is 2.73 bits per heavy atom. The van der Waals surface area contributed by atoms with E-state index in [4.69, 9.17) is 23.2 Å². The van der Waals surface area contributed by atoms with Gasteiger partial charge in [0.25, 0.3) is 0 Å². The van der Waals surface area contributed by atoms with E-state index in [-0.39, 0.29) is 30.8 Å². The smallest absolute Gasteiger partial charge is 0.328 e. The van der Waals surface area contributed by atoms with Gasteiger partial charge >= 0.3 is 5.97 Å². The molecule has 1 N–H and O–H groups in total. The maximum atomic E-state index is 13.0. The largest absolute Gasteiger partial charge is 0.480 e. The molecule has 0 bridgehead atoms. The number of carbonyl (C=O) groups excluding carboxylic acids is 1. The van der Waals surface area contributed by atoms with Crippen LogP contribution >= 0.6 is 23.2 Å². The molecule has 9 heteroatoms. The lowest BCUT2D eigenvalue weighted by Gasteiger charge is -2.33. The molecule has 1 amide bonds. The van der Waals surface area contributed by atoms with E-state index in [9.17, 15) is 14.7 Å². The van der Waals surface area contributed by atoms with Crippen LogP contribution in [0.2, 0.25) is 10.0 Å². The highest BCUT2D eigenvalue weighted by Crippen LogP contribution is 2.51. The molecule has 26 heavy (non-hydrogen) atoms. The molecule has 1 fully saturated rings. The first-order valence-corrected chi connectivity index (χ1v) is 8.99. The maximum absolute atomic E-state index is 13.0. The third-order valence-electron chi connectivity index (χ3n) is 5.09. The maximum Gasteiger partial charge on any atom is 0.328 e. The summed E-state index contributed by atoms with van der Waals surface area (Å²) in [6, 6.07) is 4.30. The number of carboxylic acid groups (broad SMARTS) is 1. The van der Waals surface area contributed by atoms with Crippen molar-refractivity contribution in [2.24, 2.45) is 5.92 Å². The highest BCUT2D eigenvalue weighted by atomic mass is 35.5. The lowest BCUT2D eigenvalue weighted by Crippen LogP contribution is -2.51. The summed E-state index contributed by atoms with van der Waals surface area (Å²) in [4.78, 5) is 26.1. The summed E-state index contributed by atoms with van der Waals surface area (Å²) in [6.45, 7) is 2.08. The minimum atomic E-state index is -1.03. The van der Waals surface area contributed by atoms with E-state index < -0.39 is 12.0 Å². The topological polar surface area (TPSA) is 88.3 Å². The number of rotatable bonds is 3. The third-order valence-corrected chi connectivity index (χ3v) is 5.66. The van der Waals surface area contributed by atoms with Gasteiger partial charge in [-0.2, -0.15) is 0 Å². The van der Waals surface area contributed by atoms with E-state index in [1.807, 2.05) is 6.07 Å². The van der Waals surface area contributed by atoms with Gasteiger partial charge in [0.1, 0.15) is 11.9 Å². The minimum absolute atomic E-state index is 0.0109. The van der Waals surface area contributed by atoms with Crippen LogP contribution in [-0.2, 0) is 22.7 Å². The summed E-state index contributed by atoms with van der Waals surface area (Å²) >= 11 is 12.2. The Balaban J connectivity index is 1.57. The van der Waals surface area contributed by atoms with Gasteiger partial charge in [-0.05, 0) is 37.0 Å². The second kappa shape index (κ2) is 6.25. The highest BCUT2D eigenvalue weighted by molar-refractivity contribution is 6.35. The summed E-state index contributed by atoms with van der Waals surface area (Å²) in [5.41, 5.74) is 0.873. The average molecular weight is 395 g/mol. The molecule has 2 aromatic rings. The number of carbonyl (C=O) groups is 2. The molecule has 1 aromatic heterocycles. The predicted molar refractivity (Wildman–Crippen MR) is 94.0 cm³/mol. The first-order valence-electron chi connectivity index (χ1n) is 8.23. The van der Waals surface area contributed by atoms with Crippen molar-refractivity contribution in [2.45, 2.75) is 38.4 Å². The Hall–Kier alpha value is -2.12. The zero-order valence-electron chi connectivity index (χ0n) is 13.9. The van der Waals surface area contributed by atoms with Gasteiger partial charge in [0.2, 0.25) is 5.91 Å². The molecule has 4 rings (SSSR count). The molecule has 3 unspecified atom stereocenters. The number of hydrogen-bond donors (Lipinski definition) is 1. The quantitative estimate of drug-likeness (QED) is 0.863. The Kier molecular flexibility index (Phi) is 4.16. The standard InChI is InChI=1S/C17H16Cl2N4O3/c1-8-20-21-15-7-23(14(17(25)26)6-22(8)15)16(24)12-5-11(12)10-3-2-9(18)4-13(10)19/h2-4,11-12,14H,5-7H2,1H3,(H,25,26). The van der Waals surface area contributed by atoms with E-state index >= 15 is 0 Å². The minimum Gasteiger partial charge on any atom is -0.480 e. The number of aryl methyl sites for hydroxylation is 1. The van der Waals surface area contributed by atoms with Crippen molar-refractivity contribution < 1.29 is 14.7 Å². The van der Waals surface area contributed by atoms with Gasteiger partial charge in [0.05, 0.1) is 13.1 Å². The normalized spacial score (nSPS) is 24.3. The van der Waals surface area contributed by atoms with Crippen LogP contribution in [-0.4, -0.2) is 42.7 Å². The predicted octanol–water partition coefficient (Wildman–Crippen LogP) is 2.49. The molecule has 1 saturated carbocycles. The number of nitrogens with zero attached hydrogens (tertiary/aromatic N) is 4. The van der Waals surface area contributed by atoms with Crippen molar-refractivity contribution in [1.82, 2.24) is 19.7 Å². The number of carboxylic acids is 1. The number of amides is 1. The molecule has 7 nitrogen and oxygen atoms in total. The van der Waals surface area contributed by atoms with Crippen LogP contribution in [0, 0.1) is 12.8 Å². The molecule has 0 spiro atoms. The van der Waals surface area contributed by atoms with Gasteiger partial charge in [0, 0.05) is 16.0 Å². The van der Waals surface area contributed by atoms with Crippen LogP contribution in [0.5, 0.6) is 0 Å². The van der Waals surface area contributed by atoms with Crippen LogP contribution in [0.4, 0.5) is 0 Å². The lowest BCUT2D eigenvalue weighted by molar-refractivity contribution is -0.153. The second-order valence-electron chi connectivity index (χ2n) is 6.71. The first kappa shape index (κ1) is 17.3. The van der Waals surface area contributed by atoms with E-state index in [2.05, 4.69) is 10.2 Å². The van der Waals surface area contributed by atoms with Gasteiger partial charge in [-0.3, -0.25) is 4.79 Å². The molecule has 1 aromatic carbocycles. The molecule has 2 heterocycles. The van der Waals surface area contributed by atoms with Crippen LogP contribution in [0.25, 0.3) is 0 Å². The van der Waals surface area contributed by atoms with Gasteiger partial charge in [-0.15, -0.1) is 10.2 Å². The Morgan fingerprint density at radius 2 is 2.04 bits per heavy atom. The fourth-order valence-corrected chi connectivity index (χ4v) is 4.13. The van der Waals surface area contributed by atoms with E-state index in [0.717, 1.165) is 5.56 Å². The number of aromatic nitrogens is 3. The Labute approximate surface area is 159 Å². The summed E-state index contributed by atoms with van der Waals surface area (Å²) in [5.74, 6) is -0.237. The fraction of sp³-hybridized carbons (Fsp3) is 0.412. The summed E-state index contributed by atoms with van der Waals surface area (Å²) < 4.78 is 1.75. The van der Waals surface area contributed by atoms with Crippen molar-refractivity contribution in [2.75, 3.05) is 0 Å². The monoisotopic (exact) mass is 394 g/mol. The van der Waals surface area contributed by atoms with Crippen molar-refractivity contribution in [3.8, 4) is 0 Å². The van der Waals surface area contributed by atoms with Crippen molar-refractivity contribution in [3.63, 3.8) is 0 Å².